The van der Waals surface area contributed by atoms with Gasteiger partial charge in [-0.25, -0.2) is 4.98 Å². The number of rotatable bonds is 6. The third-order valence-corrected chi connectivity index (χ3v) is 2.58. The van der Waals surface area contributed by atoms with Gasteiger partial charge in [0.15, 0.2) is 0 Å². The van der Waals surface area contributed by atoms with Crippen LogP contribution < -0.4 is 11.1 Å². The molecule has 0 unspecified atom stereocenters. The summed E-state index contributed by atoms with van der Waals surface area (Å²) in [5, 5.41) is 14.7. The molecule has 0 bridgehead atoms. The molecule has 0 atom stereocenters. The van der Waals surface area contributed by atoms with E-state index in [0.29, 0.717) is 18.4 Å². The molecular formula is C10H13N11. The molecule has 108 valence electrons. The van der Waals surface area contributed by atoms with Crippen LogP contribution >= 0.6 is 0 Å². The number of hydrogen-bond donors (Lipinski definition) is 2. The van der Waals surface area contributed by atoms with Crippen LogP contribution in [0.2, 0.25) is 0 Å². The summed E-state index contributed by atoms with van der Waals surface area (Å²) < 4.78 is 3.17. The lowest BCUT2D eigenvalue weighted by atomic mass is 10.4. The van der Waals surface area contributed by atoms with Crippen molar-refractivity contribution in [1.29, 1.82) is 0 Å². The molecule has 3 aromatic rings. The summed E-state index contributed by atoms with van der Waals surface area (Å²) >= 11 is 0. The molecule has 3 heterocycles. The Morgan fingerprint density at radius 1 is 1.24 bits per heavy atom. The average molecular weight is 287 g/mol. The second-order valence-electron chi connectivity index (χ2n) is 4.10. The smallest absolute Gasteiger partial charge is 0.258 e. The fourth-order valence-corrected chi connectivity index (χ4v) is 1.67. The lowest BCUT2D eigenvalue weighted by Gasteiger charge is -2.06. The van der Waals surface area contributed by atoms with E-state index in [2.05, 4.69) is 40.7 Å². The molecule has 0 aliphatic rings. The number of nitrogen functional groups attached to an aromatic ring is 1. The van der Waals surface area contributed by atoms with Crippen molar-refractivity contribution in [3.8, 4) is 5.95 Å². The van der Waals surface area contributed by atoms with Crippen LogP contribution in [-0.2, 0) is 6.54 Å². The van der Waals surface area contributed by atoms with Crippen molar-refractivity contribution in [1.82, 2.24) is 44.7 Å². The molecule has 0 saturated heterocycles. The molecule has 0 fully saturated rings. The third-order valence-electron chi connectivity index (χ3n) is 2.58. The number of anilines is 2. The lowest BCUT2D eigenvalue weighted by Crippen LogP contribution is -2.13. The van der Waals surface area contributed by atoms with Gasteiger partial charge in [0, 0.05) is 19.3 Å². The van der Waals surface area contributed by atoms with Gasteiger partial charge in [-0.1, -0.05) is 5.21 Å². The number of aryl methyl sites for hydroxylation is 1. The summed E-state index contributed by atoms with van der Waals surface area (Å²) in [6, 6.07) is 0. The van der Waals surface area contributed by atoms with E-state index in [1.807, 2.05) is 6.20 Å². The van der Waals surface area contributed by atoms with Crippen molar-refractivity contribution in [3.05, 3.63) is 25.0 Å². The predicted molar refractivity (Wildman–Crippen MR) is 72.3 cm³/mol. The Labute approximate surface area is 119 Å². The molecule has 3 rings (SSSR count). The highest BCUT2D eigenvalue weighted by atomic mass is 15.4. The minimum absolute atomic E-state index is 0.120. The summed E-state index contributed by atoms with van der Waals surface area (Å²) in [5.74, 6) is 0.833. The summed E-state index contributed by atoms with van der Waals surface area (Å²) in [6.07, 6.45) is 7.18. The van der Waals surface area contributed by atoms with E-state index in [4.69, 9.17) is 5.73 Å². The van der Waals surface area contributed by atoms with Gasteiger partial charge in [0.1, 0.15) is 12.7 Å². The predicted octanol–water partition coefficient (Wildman–Crippen LogP) is -0.872. The second kappa shape index (κ2) is 5.90. The monoisotopic (exact) mass is 287 g/mol. The molecule has 0 saturated carbocycles. The van der Waals surface area contributed by atoms with Crippen LogP contribution in [0.5, 0.6) is 0 Å². The van der Waals surface area contributed by atoms with Crippen LogP contribution in [0.3, 0.4) is 0 Å². The van der Waals surface area contributed by atoms with Gasteiger partial charge in [0.25, 0.3) is 5.95 Å². The molecule has 0 aliphatic heterocycles. The van der Waals surface area contributed by atoms with Crippen LogP contribution in [-0.4, -0.2) is 51.3 Å². The normalized spacial score (nSPS) is 10.7. The van der Waals surface area contributed by atoms with Crippen LogP contribution in [0.1, 0.15) is 6.42 Å². The van der Waals surface area contributed by atoms with Crippen LogP contribution in [0.15, 0.2) is 25.0 Å². The highest BCUT2D eigenvalue weighted by Crippen LogP contribution is 2.05. The molecule has 0 aromatic carbocycles. The number of nitrogens with zero attached hydrogens (tertiary/aromatic N) is 9. The Kier molecular flexibility index (Phi) is 3.62. The lowest BCUT2D eigenvalue weighted by molar-refractivity contribution is 0.569. The summed E-state index contributed by atoms with van der Waals surface area (Å²) in [7, 11) is 0. The first kappa shape index (κ1) is 12.9. The van der Waals surface area contributed by atoms with Crippen molar-refractivity contribution in [2.45, 2.75) is 13.0 Å². The summed E-state index contributed by atoms with van der Waals surface area (Å²) in [4.78, 5) is 16.1. The van der Waals surface area contributed by atoms with Gasteiger partial charge in [0.2, 0.25) is 11.9 Å². The molecule has 0 aliphatic carbocycles. The molecule has 11 heteroatoms. The topological polar surface area (TPSA) is 138 Å². The van der Waals surface area contributed by atoms with E-state index in [1.165, 1.54) is 17.3 Å². The summed E-state index contributed by atoms with van der Waals surface area (Å²) in [6.45, 7) is 1.42. The average Bonchev–Trinajstić information content (AvgIpc) is 3.16. The Hall–Kier alpha value is -3.11. The van der Waals surface area contributed by atoms with Crippen LogP contribution in [0, 0.1) is 0 Å². The van der Waals surface area contributed by atoms with Gasteiger partial charge in [-0.2, -0.15) is 24.7 Å². The maximum absolute atomic E-state index is 5.66. The SMILES string of the molecule is Nc1nc(NCCCn2ccnn2)nc(-n2cncn2)n1. The highest BCUT2D eigenvalue weighted by Gasteiger charge is 2.06. The van der Waals surface area contributed by atoms with Gasteiger partial charge in [0.05, 0.1) is 6.20 Å². The minimum atomic E-state index is 0.120. The first-order valence-corrected chi connectivity index (χ1v) is 6.26. The summed E-state index contributed by atoms with van der Waals surface area (Å²) in [5.41, 5.74) is 5.66. The van der Waals surface area contributed by atoms with Crippen molar-refractivity contribution in [2.75, 3.05) is 17.6 Å². The zero-order chi connectivity index (χ0) is 14.5. The maximum Gasteiger partial charge on any atom is 0.258 e. The minimum Gasteiger partial charge on any atom is -0.368 e. The fraction of sp³-hybridized carbons (Fsp3) is 0.300. The molecule has 3 N–H and O–H groups in total. The Morgan fingerprint density at radius 3 is 2.95 bits per heavy atom. The van der Waals surface area contributed by atoms with Gasteiger partial charge in [-0.05, 0) is 6.42 Å². The van der Waals surface area contributed by atoms with Gasteiger partial charge in [-0.15, -0.1) is 5.10 Å². The van der Waals surface area contributed by atoms with Crippen LogP contribution in [0.4, 0.5) is 11.9 Å². The third kappa shape index (κ3) is 3.26. The number of nitrogens with one attached hydrogen (secondary N) is 1. The Bertz CT molecular complexity index is 675. The van der Waals surface area contributed by atoms with Crippen LogP contribution in [0.25, 0.3) is 5.95 Å². The van der Waals surface area contributed by atoms with E-state index < -0.39 is 0 Å². The number of aromatic nitrogens is 9. The van der Waals surface area contributed by atoms with Gasteiger partial charge in [-0.3, -0.25) is 4.68 Å². The molecule has 0 radical (unpaired) electrons. The number of nitrogens with two attached hydrogens (primary N) is 1. The largest absolute Gasteiger partial charge is 0.368 e. The zero-order valence-electron chi connectivity index (χ0n) is 11.0. The zero-order valence-corrected chi connectivity index (χ0v) is 11.0. The fourth-order valence-electron chi connectivity index (χ4n) is 1.67. The van der Waals surface area contributed by atoms with Crippen molar-refractivity contribution in [2.24, 2.45) is 0 Å². The molecule has 0 amide bonds. The molecule has 3 aromatic heterocycles. The first-order chi connectivity index (χ1) is 10.3. The van der Waals surface area contributed by atoms with Crippen molar-refractivity contribution >= 4 is 11.9 Å². The quantitative estimate of drug-likeness (QED) is 0.554. The van der Waals surface area contributed by atoms with E-state index in [9.17, 15) is 0 Å². The maximum atomic E-state index is 5.66. The molecule has 11 nitrogen and oxygen atoms in total. The van der Waals surface area contributed by atoms with E-state index in [1.54, 1.807) is 10.9 Å². The van der Waals surface area contributed by atoms with E-state index in [-0.39, 0.29) is 5.95 Å². The van der Waals surface area contributed by atoms with Gasteiger partial charge >= 0.3 is 0 Å². The highest BCUT2D eigenvalue weighted by molar-refractivity contribution is 5.34. The molecule has 0 spiro atoms. The van der Waals surface area contributed by atoms with Crippen molar-refractivity contribution < 1.29 is 0 Å². The molecule has 21 heavy (non-hydrogen) atoms. The van der Waals surface area contributed by atoms with E-state index >= 15 is 0 Å². The Morgan fingerprint density at radius 2 is 2.19 bits per heavy atom. The Balaban J connectivity index is 1.60. The second-order valence-corrected chi connectivity index (χ2v) is 4.10. The number of hydrogen-bond acceptors (Lipinski definition) is 9. The van der Waals surface area contributed by atoms with Gasteiger partial charge < -0.3 is 11.1 Å². The first-order valence-electron chi connectivity index (χ1n) is 6.26. The molecular weight excluding hydrogens is 274 g/mol. The standard InChI is InChI=1S/C10H13N11/c11-8-16-9(13-2-1-4-20-5-3-14-19-20)18-10(17-8)21-7-12-6-15-21/h3,5-7H,1-2,4H2,(H3,11,13,16,17,18). The van der Waals surface area contributed by atoms with E-state index in [0.717, 1.165) is 13.0 Å². The van der Waals surface area contributed by atoms with Crippen molar-refractivity contribution in [3.63, 3.8) is 0 Å².